The van der Waals surface area contributed by atoms with Crippen molar-refractivity contribution in [1.82, 2.24) is 9.97 Å². The molecule has 0 radical (unpaired) electrons. The van der Waals surface area contributed by atoms with Gasteiger partial charge in [-0.15, -0.1) is 0 Å². The van der Waals surface area contributed by atoms with Crippen molar-refractivity contribution in [3.8, 4) is 11.3 Å². The molecule has 190 valence electrons. The second-order valence-corrected chi connectivity index (χ2v) is 11.0. The number of H-pyrrole nitrogens is 1. The van der Waals surface area contributed by atoms with Gasteiger partial charge in [0.1, 0.15) is 5.82 Å². The smallest absolute Gasteiger partial charge is 0.258 e. The van der Waals surface area contributed by atoms with Crippen LogP contribution in [0.1, 0.15) is 46.7 Å². The number of nitrogens with one attached hydrogen (secondary N) is 2. The average Bonchev–Trinajstić information content (AvgIpc) is 3.59. The lowest BCUT2D eigenvalue weighted by atomic mass is 9.62. The van der Waals surface area contributed by atoms with Crippen LogP contribution >= 0.6 is 0 Å². The van der Waals surface area contributed by atoms with E-state index < -0.39 is 0 Å². The van der Waals surface area contributed by atoms with E-state index in [-0.39, 0.29) is 23.1 Å². The van der Waals surface area contributed by atoms with Crippen LogP contribution in [0, 0.1) is 18.8 Å². The third kappa shape index (κ3) is 3.58. The Kier molecular flexibility index (Phi) is 5.25. The summed E-state index contributed by atoms with van der Waals surface area (Å²) in [6.07, 6.45) is 3.84. The lowest BCUT2D eigenvalue weighted by molar-refractivity contribution is -0.121. The van der Waals surface area contributed by atoms with Crippen molar-refractivity contribution in [2.75, 3.05) is 16.8 Å². The minimum Gasteiger partial charge on any atom is -0.346 e. The largest absolute Gasteiger partial charge is 0.346 e. The molecular weight excluding hydrogens is 472 g/mol. The summed E-state index contributed by atoms with van der Waals surface area (Å²) < 4.78 is 0. The molecule has 3 saturated carbocycles. The molecule has 6 nitrogen and oxygen atoms in total. The van der Waals surface area contributed by atoms with Gasteiger partial charge in [0, 0.05) is 46.8 Å². The fraction of sp³-hybridized carbons (Fsp3) is 0.281. The number of anilines is 2. The molecule has 38 heavy (non-hydrogen) atoms. The van der Waals surface area contributed by atoms with Crippen LogP contribution in [-0.4, -0.2) is 28.3 Å². The normalized spacial score (nSPS) is 23.1. The Balaban J connectivity index is 1.09. The number of benzene rings is 3. The number of carbonyl (C=O) groups excluding carboxylic acids is 2. The zero-order chi connectivity index (χ0) is 25.9. The van der Waals surface area contributed by atoms with Crippen LogP contribution in [-0.2, 0) is 16.6 Å². The number of aromatic amines is 1. The Morgan fingerprint density at radius 2 is 1.71 bits per heavy atom. The molecule has 1 unspecified atom stereocenters. The van der Waals surface area contributed by atoms with E-state index in [4.69, 9.17) is 0 Å². The van der Waals surface area contributed by atoms with E-state index in [1.54, 1.807) is 0 Å². The van der Waals surface area contributed by atoms with Gasteiger partial charge in [0.15, 0.2) is 0 Å². The van der Waals surface area contributed by atoms with Crippen molar-refractivity contribution in [2.45, 2.75) is 38.0 Å². The Morgan fingerprint density at radius 3 is 2.50 bits per heavy atom. The van der Waals surface area contributed by atoms with Crippen LogP contribution in [0.5, 0.6) is 0 Å². The zero-order valence-corrected chi connectivity index (χ0v) is 21.4. The van der Waals surface area contributed by atoms with Crippen molar-refractivity contribution in [1.29, 1.82) is 0 Å². The quantitative estimate of drug-likeness (QED) is 0.365. The molecule has 2 N–H and O–H groups in total. The first-order valence-electron chi connectivity index (χ1n) is 13.4. The molecule has 3 fully saturated rings. The summed E-state index contributed by atoms with van der Waals surface area (Å²) in [5.41, 5.74) is 6.38. The highest BCUT2D eigenvalue weighted by Gasteiger charge is 2.60. The summed E-state index contributed by atoms with van der Waals surface area (Å²) >= 11 is 0. The summed E-state index contributed by atoms with van der Waals surface area (Å²) in [5.74, 6) is 1.53. The molecule has 8 rings (SSSR count). The Labute approximate surface area is 222 Å². The number of para-hydroxylation sites is 1. The average molecular weight is 503 g/mol. The van der Waals surface area contributed by atoms with E-state index in [0.29, 0.717) is 24.4 Å². The van der Waals surface area contributed by atoms with E-state index in [1.165, 1.54) is 5.56 Å². The third-order valence-electron chi connectivity index (χ3n) is 8.78. The molecule has 0 saturated heterocycles. The predicted molar refractivity (Wildman–Crippen MR) is 148 cm³/mol. The van der Waals surface area contributed by atoms with Gasteiger partial charge in [-0.25, -0.2) is 4.98 Å². The van der Waals surface area contributed by atoms with Crippen LogP contribution in [0.2, 0.25) is 0 Å². The van der Waals surface area contributed by atoms with Gasteiger partial charge in [-0.2, -0.15) is 0 Å². The molecule has 1 aromatic heterocycles. The van der Waals surface area contributed by atoms with E-state index in [0.717, 1.165) is 53.4 Å². The molecule has 2 bridgehead atoms. The Hall–Kier alpha value is -4.19. The topological polar surface area (TPSA) is 78.1 Å². The standard InChI is InChI=1S/C32H30N4O2/c1-20-33-27-15-16-36(28-10-6-5-9-25(28)29(27)34-20)31(38)22-11-13-24(14-12-22)35-30(37)26-17-21-18-32(26,19-21)23-7-3-2-4-8-23/h2-14,21,26H,15-19H2,1H3,(H,33,34)(H,35,37). The fourth-order valence-electron chi connectivity index (χ4n) is 7.04. The number of rotatable bonds is 4. The molecule has 2 heterocycles. The molecule has 4 aromatic rings. The first-order valence-corrected chi connectivity index (χ1v) is 13.4. The highest BCUT2D eigenvalue weighted by molar-refractivity contribution is 6.08. The van der Waals surface area contributed by atoms with Gasteiger partial charge in [-0.1, -0.05) is 48.5 Å². The second-order valence-electron chi connectivity index (χ2n) is 11.0. The monoisotopic (exact) mass is 502 g/mol. The molecule has 3 aromatic carbocycles. The molecule has 0 spiro atoms. The van der Waals surface area contributed by atoms with E-state index in [1.807, 2.05) is 66.4 Å². The Morgan fingerprint density at radius 1 is 0.974 bits per heavy atom. The van der Waals surface area contributed by atoms with Gasteiger partial charge in [0.25, 0.3) is 5.91 Å². The SMILES string of the molecule is Cc1nc2c([nH]1)CCN(C(=O)c1ccc(NC(=O)C3CC4CC3(c3ccccc3)C4)cc1)c1ccccc1-2. The minimum absolute atomic E-state index is 0.0147. The number of nitrogens with zero attached hydrogens (tertiary/aromatic N) is 2. The summed E-state index contributed by atoms with van der Waals surface area (Å²) in [6, 6.07) is 25.7. The van der Waals surface area contributed by atoms with Gasteiger partial charge in [0.2, 0.25) is 5.91 Å². The second kappa shape index (κ2) is 8.69. The summed E-state index contributed by atoms with van der Waals surface area (Å²) in [4.78, 5) is 36.9. The number of carbonyl (C=O) groups is 2. The molecule has 1 atom stereocenters. The number of aromatic nitrogens is 2. The fourth-order valence-corrected chi connectivity index (χ4v) is 7.04. The number of amides is 2. The summed E-state index contributed by atoms with van der Waals surface area (Å²) in [5, 5.41) is 3.14. The first-order chi connectivity index (χ1) is 18.5. The van der Waals surface area contributed by atoms with Crippen molar-refractivity contribution in [3.63, 3.8) is 0 Å². The first kappa shape index (κ1) is 23.0. The van der Waals surface area contributed by atoms with E-state index >= 15 is 0 Å². The van der Waals surface area contributed by atoms with Crippen LogP contribution in [0.15, 0.2) is 78.9 Å². The molecule has 4 aliphatic rings. The molecular formula is C32H30N4O2. The molecule has 2 amide bonds. The number of fused-ring (bicyclic) bond motifs is 4. The van der Waals surface area contributed by atoms with Crippen molar-refractivity contribution < 1.29 is 9.59 Å². The maximum absolute atomic E-state index is 13.7. The molecule has 3 aliphatic carbocycles. The number of imidazole rings is 1. The summed E-state index contributed by atoms with van der Waals surface area (Å²) in [6.45, 7) is 2.52. The lowest BCUT2D eigenvalue weighted by Crippen LogP contribution is -2.41. The minimum atomic E-state index is -0.0585. The Bertz CT molecular complexity index is 1530. The van der Waals surface area contributed by atoms with Gasteiger partial charge >= 0.3 is 0 Å². The lowest BCUT2D eigenvalue weighted by Gasteiger charge is -2.41. The summed E-state index contributed by atoms with van der Waals surface area (Å²) in [7, 11) is 0. The van der Waals surface area contributed by atoms with E-state index in [9.17, 15) is 9.59 Å². The van der Waals surface area contributed by atoms with E-state index in [2.05, 4.69) is 39.6 Å². The highest BCUT2D eigenvalue weighted by Crippen LogP contribution is 2.63. The number of aryl methyl sites for hydroxylation is 1. The van der Waals surface area contributed by atoms with Crippen LogP contribution in [0.25, 0.3) is 11.3 Å². The van der Waals surface area contributed by atoms with Gasteiger partial charge in [-0.3, -0.25) is 9.59 Å². The maximum atomic E-state index is 13.7. The van der Waals surface area contributed by atoms with Crippen molar-refractivity contribution in [3.05, 3.63) is 102 Å². The van der Waals surface area contributed by atoms with Crippen molar-refractivity contribution >= 4 is 23.2 Å². The predicted octanol–water partition coefficient (Wildman–Crippen LogP) is 5.89. The number of hydrogen-bond acceptors (Lipinski definition) is 3. The van der Waals surface area contributed by atoms with Crippen LogP contribution in [0.3, 0.4) is 0 Å². The van der Waals surface area contributed by atoms with Gasteiger partial charge in [0.05, 0.1) is 11.4 Å². The number of hydrogen-bond donors (Lipinski definition) is 2. The molecule has 6 heteroatoms. The van der Waals surface area contributed by atoms with Gasteiger partial charge < -0.3 is 15.2 Å². The highest BCUT2D eigenvalue weighted by atomic mass is 16.2. The molecule has 1 aliphatic heterocycles. The van der Waals surface area contributed by atoms with Crippen molar-refractivity contribution in [2.24, 2.45) is 11.8 Å². The van der Waals surface area contributed by atoms with Gasteiger partial charge in [-0.05, 0) is 68.0 Å². The maximum Gasteiger partial charge on any atom is 0.258 e. The third-order valence-corrected chi connectivity index (χ3v) is 8.78. The van der Waals surface area contributed by atoms with Crippen LogP contribution < -0.4 is 10.2 Å². The van der Waals surface area contributed by atoms with Crippen LogP contribution in [0.4, 0.5) is 11.4 Å². The zero-order valence-electron chi connectivity index (χ0n) is 21.4.